The lowest BCUT2D eigenvalue weighted by atomic mass is 9.95. The lowest BCUT2D eigenvalue weighted by Crippen LogP contribution is -1.99. The van der Waals surface area contributed by atoms with Crippen LogP contribution >= 0.6 is 0 Å². The number of aromatic amines is 1. The molecule has 130 valence electrons. The molecule has 0 radical (unpaired) electrons. The number of nitrogens with one attached hydrogen (secondary N) is 1. The molecule has 1 heterocycles. The van der Waals surface area contributed by atoms with E-state index in [1.165, 1.54) is 5.94 Å². The summed E-state index contributed by atoms with van der Waals surface area (Å²) in [5.74, 6) is 2.04. The first-order valence-corrected chi connectivity index (χ1v) is 8.49. The van der Waals surface area contributed by atoms with Crippen molar-refractivity contribution in [2.75, 3.05) is 0 Å². The monoisotopic (exact) mass is 355 g/mol. The number of carbonyl (C=O) groups is 1. The molecular formula is C22H13NO4. The number of aldehydes is 1. The van der Waals surface area contributed by atoms with Crippen LogP contribution in [0.3, 0.4) is 0 Å². The average molecular weight is 355 g/mol. The zero-order valence-electron chi connectivity index (χ0n) is 14.1. The highest BCUT2D eigenvalue weighted by Gasteiger charge is 2.30. The van der Waals surface area contributed by atoms with E-state index >= 15 is 0 Å². The van der Waals surface area contributed by atoms with Crippen LogP contribution in [0.25, 0.3) is 32.9 Å². The predicted octanol–water partition coefficient (Wildman–Crippen LogP) is 4.36. The predicted molar refractivity (Wildman–Crippen MR) is 101 cm³/mol. The van der Waals surface area contributed by atoms with Gasteiger partial charge in [-0.3, -0.25) is 14.6 Å². The van der Waals surface area contributed by atoms with Crippen LogP contribution in [0.15, 0.2) is 54.8 Å². The number of para-hydroxylation sites is 1. The van der Waals surface area contributed by atoms with Gasteiger partial charge in [-0.2, -0.15) is 0 Å². The van der Waals surface area contributed by atoms with Gasteiger partial charge in [0.05, 0.1) is 10.9 Å². The number of rotatable bonds is 4. The van der Waals surface area contributed by atoms with Gasteiger partial charge in [0.2, 0.25) is 6.26 Å². The molecule has 1 aliphatic carbocycles. The van der Waals surface area contributed by atoms with E-state index in [2.05, 4.69) is 4.98 Å². The molecule has 0 fully saturated rings. The average Bonchev–Trinajstić information content (AvgIpc) is 3.27. The summed E-state index contributed by atoms with van der Waals surface area (Å²) in [6, 6.07) is 15.7. The van der Waals surface area contributed by atoms with Gasteiger partial charge in [-0.25, -0.2) is 4.79 Å². The van der Waals surface area contributed by atoms with Crippen molar-refractivity contribution in [1.29, 1.82) is 0 Å². The second-order valence-corrected chi connectivity index (χ2v) is 6.38. The maximum Gasteiger partial charge on any atom is 0.225 e. The first kappa shape index (κ1) is 15.4. The maximum absolute atomic E-state index is 12.1. The van der Waals surface area contributed by atoms with Crippen LogP contribution < -0.4 is 4.89 Å². The molecule has 1 aromatic heterocycles. The van der Waals surface area contributed by atoms with E-state index in [4.69, 9.17) is 9.78 Å². The van der Waals surface area contributed by atoms with Gasteiger partial charge in [0, 0.05) is 34.0 Å². The van der Waals surface area contributed by atoms with Crippen molar-refractivity contribution in [3.8, 4) is 16.9 Å². The molecule has 5 rings (SSSR count). The van der Waals surface area contributed by atoms with Crippen LogP contribution in [-0.2, 0) is 16.1 Å². The van der Waals surface area contributed by atoms with Crippen LogP contribution in [0.2, 0.25) is 0 Å². The summed E-state index contributed by atoms with van der Waals surface area (Å²) in [5.41, 5.74) is 6.01. The molecule has 1 aliphatic rings. The highest BCUT2D eigenvalue weighted by atomic mass is 17.2. The van der Waals surface area contributed by atoms with Gasteiger partial charge in [0.1, 0.15) is 0 Å². The van der Waals surface area contributed by atoms with Crippen LogP contribution in [0.4, 0.5) is 0 Å². The molecule has 3 aromatic carbocycles. The Kier molecular flexibility index (Phi) is 3.35. The highest BCUT2D eigenvalue weighted by Crippen LogP contribution is 2.49. The van der Waals surface area contributed by atoms with Crippen molar-refractivity contribution in [1.82, 2.24) is 4.98 Å². The van der Waals surface area contributed by atoms with Gasteiger partial charge in [0.15, 0.2) is 18.0 Å². The topological polar surface area (TPSA) is 68.4 Å². The Labute approximate surface area is 153 Å². The fraction of sp³-hybridized carbons (Fsp3) is 0.0455. The Hall–Kier alpha value is -3.82. The molecule has 0 bridgehead atoms. The normalized spacial score (nSPS) is 11.7. The van der Waals surface area contributed by atoms with Crippen LogP contribution in [0, 0.1) is 0 Å². The lowest BCUT2D eigenvalue weighted by molar-refractivity contribution is -0.146. The summed E-state index contributed by atoms with van der Waals surface area (Å²) in [5, 5.41) is 1.68. The minimum Gasteiger partial charge on any atom is -0.354 e. The molecule has 1 N–H and O–H groups in total. The van der Waals surface area contributed by atoms with E-state index in [1.54, 1.807) is 0 Å². The fourth-order valence-corrected chi connectivity index (χ4v) is 4.02. The Morgan fingerprint density at radius 3 is 2.74 bits per heavy atom. The van der Waals surface area contributed by atoms with Crippen molar-refractivity contribution >= 4 is 34.0 Å². The third-order valence-corrected chi connectivity index (χ3v) is 5.05. The number of aromatic nitrogens is 1. The Morgan fingerprint density at radius 2 is 1.89 bits per heavy atom. The maximum atomic E-state index is 12.1. The van der Waals surface area contributed by atoms with E-state index in [1.807, 2.05) is 48.5 Å². The summed E-state index contributed by atoms with van der Waals surface area (Å²) in [6.45, 7) is 0. The molecule has 0 saturated carbocycles. The number of benzene rings is 3. The molecule has 5 nitrogen and oxygen atoms in total. The highest BCUT2D eigenvalue weighted by molar-refractivity contribution is 6.18. The second-order valence-electron chi connectivity index (χ2n) is 6.38. The number of fused-ring (bicyclic) bond motifs is 6. The molecule has 4 aromatic rings. The van der Waals surface area contributed by atoms with Crippen molar-refractivity contribution in [3.05, 3.63) is 71.5 Å². The summed E-state index contributed by atoms with van der Waals surface area (Å²) < 4.78 is 0. The first-order valence-electron chi connectivity index (χ1n) is 8.49. The van der Waals surface area contributed by atoms with E-state index in [0.29, 0.717) is 23.3 Å². The van der Waals surface area contributed by atoms with Crippen LogP contribution in [0.5, 0.6) is 5.75 Å². The Morgan fingerprint density at radius 1 is 1.07 bits per heavy atom. The summed E-state index contributed by atoms with van der Waals surface area (Å²) in [4.78, 5) is 36.4. The first-order chi connectivity index (χ1) is 13.3. The number of hydrogen-bond acceptors (Lipinski definition) is 4. The Bertz CT molecular complexity index is 1280. The third kappa shape index (κ3) is 2.13. The summed E-state index contributed by atoms with van der Waals surface area (Å²) in [6.07, 6.45) is 2.32. The quantitative estimate of drug-likeness (QED) is 0.171. The van der Waals surface area contributed by atoms with Crippen molar-refractivity contribution in [2.45, 2.75) is 6.42 Å². The van der Waals surface area contributed by atoms with Gasteiger partial charge in [0.25, 0.3) is 0 Å². The summed E-state index contributed by atoms with van der Waals surface area (Å²) >= 11 is 0. The van der Waals surface area contributed by atoms with Gasteiger partial charge in [-0.05, 0) is 17.2 Å². The van der Waals surface area contributed by atoms with Crippen LogP contribution in [-0.4, -0.2) is 17.2 Å². The Balaban J connectivity index is 1.94. The molecule has 27 heavy (non-hydrogen) atoms. The molecule has 5 heteroatoms. The van der Waals surface area contributed by atoms with Crippen molar-refractivity contribution < 1.29 is 19.4 Å². The second kappa shape index (κ2) is 5.87. The molecule has 0 unspecified atom stereocenters. The molecular weight excluding hydrogens is 342 g/mol. The zero-order valence-corrected chi connectivity index (χ0v) is 14.1. The van der Waals surface area contributed by atoms with E-state index in [-0.39, 0.29) is 0 Å². The van der Waals surface area contributed by atoms with Gasteiger partial charge in [-0.15, -0.1) is 0 Å². The summed E-state index contributed by atoms with van der Waals surface area (Å²) in [7, 11) is 0. The third-order valence-electron chi connectivity index (χ3n) is 5.05. The molecule has 0 atom stereocenters. The van der Waals surface area contributed by atoms with Crippen LogP contribution in [0.1, 0.15) is 21.5 Å². The number of H-pyrrole nitrogens is 1. The standard InChI is InChI=1S/C22H13NO4/c24-9-10-26-27-22-16-11-13-5-1-2-6-14(13)19(16)17(12-25)21-20(22)15-7-3-4-8-18(15)23-21/h1-8,10,12,23H,11H2. The molecule has 0 spiro atoms. The smallest absolute Gasteiger partial charge is 0.225 e. The van der Waals surface area contributed by atoms with Gasteiger partial charge < -0.3 is 4.98 Å². The number of carbonyl (C=O) groups excluding carboxylic acids is 2. The van der Waals surface area contributed by atoms with Gasteiger partial charge in [-0.1, -0.05) is 42.5 Å². The van der Waals surface area contributed by atoms with Crippen molar-refractivity contribution in [2.24, 2.45) is 0 Å². The number of hydrogen-bond donors (Lipinski definition) is 1. The van der Waals surface area contributed by atoms with Crippen molar-refractivity contribution in [3.63, 3.8) is 0 Å². The molecule has 0 aliphatic heterocycles. The minimum atomic E-state index is 0.505. The zero-order chi connectivity index (χ0) is 18.4. The molecule has 0 amide bonds. The van der Waals surface area contributed by atoms with E-state index in [9.17, 15) is 9.59 Å². The largest absolute Gasteiger partial charge is 0.354 e. The molecule has 0 saturated heterocycles. The van der Waals surface area contributed by atoms with E-state index in [0.717, 1.165) is 51.1 Å². The SMILES string of the molecule is O=C=COOc1c2c(c(C=O)c3[nH]c4ccccc4c13)-c1ccccc1C2. The van der Waals surface area contributed by atoms with Gasteiger partial charge >= 0.3 is 0 Å². The van der Waals surface area contributed by atoms with E-state index < -0.39 is 0 Å². The lowest BCUT2D eigenvalue weighted by Gasteiger charge is -2.12. The minimum absolute atomic E-state index is 0.505. The fourth-order valence-electron chi connectivity index (χ4n) is 4.02.